The maximum atomic E-state index is 8.76. The lowest BCUT2D eigenvalue weighted by molar-refractivity contribution is 0.184. The molecule has 5 nitrogen and oxygen atoms in total. The van der Waals surface area contributed by atoms with E-state index in [4.69, 9.17) is 15.7 Å². The molecule has 2 rings (SSSR count). The average molecular weight is 263 g/mol. The van der Waals surface area contributed by atoms with Gasteiger partial charge in [-0.1, -0.05) is 29.4 Å². The van der Waals surface area contributed by atoms with Crippen molar-refractivity contribution in [1.82, 2.24) is 5.32 Å². The van der Waals surface area contributed by atoms with E-state index in [1.807, 2.05) is 24.3 Å². The fourth-order valence-electron chi connectivity index (χ4n) is 2.32. The van der Waals surface area contributed by atoms with Crippen molar-refractivity contribution in [2.45, 2.75) is 19.4 Å². The van der Waals surface area contributed by atoms with E-state index in [2.05, 4.69) is 10.5 Å². The van der Waals surface area contributed by atoms with Gasteiger partial charge < -0.3 is 21.0 Å². The molecule has 1 aliphatic heterocycles. The molecular weight excluding hydrogens is 242 g/mol. The maximum Gasteiger partial charge on any atom is 0.170 e. The number of hydrogen-bond acceptors (Lipinski definition) is 4. The Morgan fingerprint density at radius 2 is 2.32 bits per heavy atom. The zero-order chi connectivity index (χ0) is 13.5. The molecule has 1 atom stereocenters. The first-order chi connectivity index (χ1) is 9.31. The molecule has 0 aromatic heterocycles. The minimum atomic E-state index is 0.154. The molecule has 0 bridgehead atoms. The fourth-order valence-corrected chi connectivity index (χ4v) is 2.32. The summed E-state index contributed by atoms with van der Waals surface area (Å²) in [6.07, 6.45) is 2.30. The molecule has 5 heteroatoms. The lowest BCUT2D eigenvalue weighted by Gasteiger charge is -2.11. The van der Waals surface area contributed by atoms with Crippen molar-refractivity contribution in [3.63, 3.8) is 0 Å². The largest absolute Gasteiger partial charge is 0.409 e. The second-order valence-electron chi connectivity index (χ2n) is 4.84. The Labute approximate surface area is 113 Å². The molecule has 0 amide bonds. The van der Waals surface area contributed by atoms with Crippen LogP contribution < -0.4 is 11.1 Å². The summed E-state index contributed by atoms with van der Waals surface area (Å²) in [5.41, 5.74) is 7.48. The van der Waals surface area contributed by atoms with Crippen LogP contribution in [0.2, 0.25) is 0 Å². The lowest BCUT2D eigenvalue weighted by atomic mass is 10.0. The van der Waals surface area contributed by atoms with Crippen molar-refractivity contribution in [2.75, 3.05) is 19.8 Å². The van der Waals surface area contributed by atoms with Crippen LogP contribution >= 0.6 is 0 Å². The van der Waals surface area contributed by atoms with Gasteiger partial charge in [0.1, 0.15) is 0 Å². The summed E-state index contributed by atoms with van der Waals surface area (Å²) in [5.74, 6) is 0.841. The Morgan fingerprint density at radius 1 is 1.47 bits per heavy atom. The van der Waals surface area contributed by atoms with E-state index in [0.29, 0.717) is 5.92 Å². The Morgan fingerprint density at radius 3 is 3.05 bits per heavy atom. The summed E-state index contributed by atoms with van der Waals surface area (Å²) in [6.45, 7) is 3.47. The fraction of sp³-hybridized carbons (Fsp3) is 0.500. The highest BCUT2D eigenvalue weighted by Crippen LogP contribution is 2.15. The van der Waals surface area contributed by atoms with Crippen LogP contribution in [0.3, 0.4) is 0 Å². The Balaban J connectivity index is 1.82. The predicted molar refractivity (Wildman–Crippen MR) is 74.2 cm³/mol. The monoisotopic (exact) mass is 263 g/mol. The first-order valence-electron chi connectivity index (χ1n) is 6.65. The number of ether oxygens (including phenoxy) is 1. The highest BCUT2D eigenvalue weighted by molar-refractivity contribution is 5.98. The van der Waals surface area contributed by atoms with Gasteiger partial charge in [0.2, 0.25) is 0 Å². The number of benzene rings is 1. The van der Waals surface area contributed by atoms with Gasteiger partial charge in [0, 0.05) is 25.3 Å². The molecule has 0 saturated carbocycles. The quantitative estimate of drug-likeness (QED) is 0.238. The van der Waals surface area contributed by atoms with Crippen LogP contribution in [0.25, 0.3) is 0 Å². The highest BCUT2D eigenvalue weighted by Gasteiger charge is 2.14. The lowest BCUT2D eigenvalue weighted by Crippen LogP contribution is -2.21. The predicted octanol–water partition coefficient (Wildman–Crippen LogP) is 1.30. The third-order valence-electron chi connectivity index (χ3n) is 3.47. The van der Waals surface area contributed by atoms with Crippen LogP contribution in [-0.2, 0) is 11.3 Å². The Hall–Kier alpha value is -1.59. The van der Waals surface area contributed by atoms with Crippen molar-refractivity contribution >= 4 is 5.84 Å². The van der Waals surface area contributed by atoms with Gasteiger partial charge in [-0.15, -0.1) is 0 Å². The number of nitrogens with zero attached hydrogens (tertiary/aromatic N) is 1. The summed E-state index contributed by atoms with van der Waals surface area (Å²) >= 11 is 0. The molecule has 0 radical (unpaired) electrons. The van der Waals surface area contributed by atoms with Gasteiger partial charge in [0.05, 0.1) is 0 Å². The van der Waals surface area contributed by atoms with Gasteiger partial charge in [-0.2, -0.15) is 0 Å². The zero-order valence-corrected chi connectivity index (χ0v) is 11.0. The number of nitrogens with one attached hydrogen (secondary N) is 1. The third kappa shape index (κ3) is 3.94. The van der Waals surface area contributed by atoms with Crippen LogP contribution in [0.1, 0.15) is 24.0 Å². The van der Waals surface area contributed by atoms with E-state index in [1.165, 1.54) is 6.42 Å². The first-order valence-corrected chi connectivity index (χ1v) is 6.65. The second kappa shape index (κ2) is 7.11. The molecule has 1 aromatic carbocycles. The van der Waals surface area contributed by atoms with E-state index < -0.39 is 0 Å². The summed E-state index contributed by atoms with van der Waals surface area (Å²) in [7, 11) is 0. The molecule has 1 saturated heterocycles. The van der Waals surface area contributed by atoms with E-state index >= 15 is 0 Å². The molecule has 4 N–H and O–H groups in total. The van der Waals surface area contributed by atoms with Crippen molar-refractivity contribution in [3.05, 3.63) is 35.4 Å². The van der Waals surface area contributed by atoms with E-state index in [0.717, 1.165) is 43.9 Å². The molecule has 0 spiro atoms. The first kappa shape index (κ1) is 13.8. The van der Waals surface area contributed by atoms with Gasteiger partial charge in [0.25, 0.3) is 0 Å². The molecular formula is C14H21N3O2. The molecule has 1 fully saturated rings. The Bertz CT molecular complexity index is 428. The van der Waals surface area contributed by atoms with Gasteiger partial charge in [-0.3, -0.25) is 0 Å². The molecule has 1 unspecified atom stereocenters. The van der Waals surface area contributed by atoms with E-state index in [9.17, 15) is 0 Å². The zero-order valence-electron chi connectivity index (χ0n) is 11.0. The third-order valence-corrected chi connectivity index (χ3v) is 3.47. The molecule has 1 aromatic rings. The van der Waals surface area contributed by atoms with Crippen LogP contribution in [-0.4, -0.2) is 30.8 Å². The van der Waals surface area contributed by atoms with Gasteiger partial charge in [-0.25, -0.2) is 0 Å². The van der Waals surface area contributed by atoms with Crippen LogP contribution in [0, 0.1) is 5.92 Å². The van der Waals surface area contributed by atoms with Crippen LogP contribution in [0.5, 0.6) is 0 Å². The average Bonchev–Trinajstić information content (AvgIpc) is 2.96. The molecule has 0 aliphatic carbocycles. The summed E-state index contributed by atoms with van der Waals surface area (Å²) in [5, 5.41) is 15.2. The van der Waals surface area contributed by atoms with Gasteiger partial charge in [-0.05, 0) is 30.9 Å². The van der Waals surface area contributed by atoms with Crippen LogP contribution in [0.4, 0.5) is 0 Å². The van der Waals surface area contributed by atoms with Crippen molar-refractivity contribution in [1.29, 1.82) is 0 Å². The second-order valence-corrected chi connectivity index (χ2v) is 4.84. The number of hydrogen-bond donors (Lipinski definition) is 3. The Kier molecular flexibility index (Phi) is 5.18. The smallest absolute Gasteiger partial charge is 0.170 e. The summed E-state index contributed by atoms with van der Waals surface area (Å²) in [6, 6.07) is 7.68. The van der Waals surface area contributed by atoms with E-state index in [1.54, 1.807) is 0 Å². The maximum absolute atomic E-state index is 8.76. The minimum Gasteiger partial charge on any atom is -0.409 e. The van der Waals surface area contributed by atoms with E-state index in [-0.39, 0.29) is 5.84 Å². The number of amidine groups is 1. The topological polar surface area (TPSA) is 79.9 Å². The van der Waals surface area contributed by atoms with Crippen LogP contribution in [0.15, 0.2) is 29.4 Å². The highest BCUT2D eigenvalue weighted by atomic mass is 16.5. The molecule has 1 heterocycles. The van der Waals surface area contributed by atoms with Gasteiger partial charge in [0.15, 0.2) is 5.84 Å². The van der Waals surface area contributed by atoms with Crippen molar-refractivity contribution in [3.8, 4) is 0 Å². The van der Waals surface area contributed by atoms with Gasteiger partial charge >= 0.3 is 0 Å². The van der Waals surface area contributed by atoms with Crippen molar-refractivity contribution in [2.24, 2.45) is 16.8 Å². The summed E-state index contributed by atoms with van der Waals surface area (Å²) < 4.78 is 5.35. The number of nitrogens with two attached hydrogens (primary N) is 1. The normalized spacial score (nSPS) is 19.8. The summed E-state index contributed by atoms with van der Waals surface area (Å²) in [4.78, 5) is 0. The molecule has 1 aliphatic rings. The number of oxime groups is 1. The molecule has 19 heavy (non-hydrogen) atoms. The number of rotatable bonds is 6. The molecule has 104 valence electrons. The standard InChI is InChI=1S/C14H21N3O2/c15-14(17-18)13-4-2-1-3-12(13)9-16-7-5-11-6-8-19-10-11/h1-4,11,16,18H,5-10H2,(H2,15,17). The SMILES string of the molecule is N/C(=N/O)c1ccccc1CNCCC1CCOC1. The van der Waals surface area contributed by atoms with Crippen molar-refractivity contribution < 1.29 is 9.94 Å². The minimum absolute atomic E-state index is 0.154.